The lowest BCUT2D eigenvalue weighted by Gasteiger charge is -2.26. The van der Waals surface area contributed by atoms with Crippen LogP contribution >= 0.6 is 0 Å². The number of carbonyl (C=O) groups is 2. The lowest BCUT2D eigenvalue weighted by Crippen LogP contribution is -2.36. The number of likely N-dealkylation sites (N-methyl/N-ethyl adjacent to an activating group) is 1. The first-order valence-corrected chi connectivity index (χ1v) is 9.40. The number of aryl methyl sites for hydroxylation is 1. The van der Waals surface area contributed by atoms with Gasteiger partial charge in [0.1, 0.15) is 6.04 Å². The van der Waals surface area contributed by atoms with Crippen LogP contribution in [-0.2, 0) is 18.4 Å². The van der Waals surface area contributed by atoms with E-state index in [0.29, 0.717) is 12.1 Å². The molecule has 27 heavy (non-hydrogen) atoms. The van der Waals surface area contributed by atoms with Crippen molar-refractivity contribution in [3.63, 3.8) is 0 Å². The summed E-state index contributed by atoms with van der Waals surface area (Å²) in [6.45, 7) is 2.10. The molecule has 1 atom stereocenters. The van der Waals surface area contributed by atoms with Crippen LogP contribution in [0.15, 0.2) is 36.7 Å². The average Bonchev–Trinajstić information content (AvgIpc) is 3.13. The molecule has 1 aliphatic heterocycles. The van der Waals surface area contributed by atoms with Crippen LogP contribution in [0.5, 0.6) is 0 Å². The van der Waals surface area contributed by atoms with Gasteiger partial charge in [-0.05, 0) is 44.0 Å². The van der Waals surface area contributed by atoms with Crippen LogP contribution in [0, 0.1) is 0 Å². The predicted octanol–water partition coefficient (Wildman–Crippen LogP) is 1.62. The van der Waals surface area contributed by atoms with Crippen molar-refractivity contribution in [2.75, 3.05) is 20.1 Å². The fourth-order valence-electron chi connectivity index (χ4n) is 3.37. The van der Waals surface area contributed by atoms with Crippen molar-refractivity contribution >= 4 is 11.8 Å². The molecule has 0 aliphatic carbocycles. The van der Waals surface area contributed by atoms with Gasteiger partial charge in [-0.25, -0.2) is 0 Å². The molecular formula is C20H27N5O2. The van der Waals surface area contributed by atoms with Crippen LogP contribution in [0.2, 0.25) is 0 Å². The Morgan fingerprint density at radius 1 is 1.15 bits per heavy atom. The number of aromatic nitrogens is 2. The van der Waals surface area contributed by atoms with Gasteiger partial charge in [0.05, 0.1) is 6.20 Å². The van der Waals surface area contributed by atoms with Gasteiger partial charge in [-0.2, -0.15) is 5.10 Å². The third-order valence-corrected chi connectivity index (χ3v) is 4.92. The number of nitrogens with zero attached hydrogens (tertiary/aromatic N) is 3. The number of amides is 2. The normalized spacial score (nSPS) is 15.4. The summed E-state index contributed by atoms with van der Waals surface area (Å²) >= 11 is 0. The van der Waals surface area contributed by atoms with E-state index in [2.05, 4.69) is 15.7 Å². The van der Waals surface area contributed by atoms with E-state index < -0.39 is 6.04 Å². The second kappa shape index (κ2) is 8.81. The third-order valence-electron chi connectivity index (χ3n) is 4.92. The number of benzene rings is 1. The van der Waals surface area contributed by atoms with Crippen LogP contribution in [0.4, 0.5) is 0 Å². The minimum atomic E-state index is -0.446. The van der Waals surface area contributed by atoms with Crippen molar-refractivity contribution in [1.29, 1.82) is 0 Å². The lowest BCUT2D eigenvalue weighted by atomic mass is 10.1. The van der Waals surface area contributed by atoms with Crippen molar-refractivity contribution < 1.29 is 9.59 Å². The van der Waals surface area contributed by atoms with Gasteiger partial charge in [0.15, 0.2) is 0 Å². The number of rotatable bonds is 6. The Kier molecular flexibility index (Phi) is 6.24. The number of likely N-dealkylation sites (tertiary alicyclic amines) is 1. The quantitative estimate of drug-likeness (QED) is 0.811. The molecule has 2 N–H and O–H groups in total. The fourth-order valence-corrected chi connectivity index (χ4v) is 3.37. The zero-order valence-corrected chi connectivity index (χ0v) is 15.9. The Labute approximate surface area is 159 Å². The van der Waals surface area contributed by atoms with Crippen molar-refractivity contribution in [1.82, 2.24) is 25.3 Å². The maximum Gasteiger partial charge on any atom is 0.253 e. The van der Waals surface area contributed by atoms with Crippen molar-refractivity contribution in [2.24, 2.45) is 7.05 Å². The van der Waals surface area contributed by atoms with E-state index in [1.807, 2.05) is 42.4 Å². The van der Waals surface area contributed by atoms with Gasteiger partial charge < -0.3 is 15.5 Å². The summed E-state index contributed by atoms with van der Waals surface area (Å²) in [5, 5.41) is 10.1. The molecule has 1 unspecified atom stereocenters. The Morgan fingerprint density at radius 2 is 1.85 bits per heavy atom. The standard InChI is InChI=1S/C20H27N5O2/c1-21-18(17-13-23-24(2)14-17)19(26)22-12-15-6-8-16(9-7-15)20(27)25-10-4-3-5-11-25/h6-9,13-14,18,21H,3-5,10-12H2,1-2H3,(H,22,26). The molecule has 144 valence electrons. The van der Waals surface area contributed by atoms with Crippen molar-refractivity contribution in [3.05, 3.63) is 53.3 Å². The molecule has 7 heteroatoms. The molecule has 1 saturated heterocycles. The average molecular weight is 369 g/mol. The second-order valence-corrected chi connectivity index (χ2v) is 6.94. The highest BCUT2D eigenvalue weighted by molar-refractivity contribution is 5.94. The summed E-state index contributed by atoms with van der Waals surface area (Å²) in [7, 11) is 3.57. The molecule has 2 amide bonds. The van der Waals surface area contributed by atoms with Crippen molar-refractivity contribution in [3.8, 4) is 0 Å². The molecule has 0 bridgehead atoms. The number of piperidine rings is 1. The van der Waals surface area contributed by atoms with E-state index in [9.17, 15) is 9.59 Å². The molecule has 0 radical (unpaired) electrons. The Bertz CT molecular complexity index is 778. The third kappa shape index (κ3) is 4.74. The summed E-state index contributed by atoms with van der Waals surface area (Å²) in [5.41, 5.74) is 2.48. The van der Waals surface area contributed by atoms with E-state index in [1.165, 1.54) is 6.42 Å². The van der Waals surface area contributed by atoms with Gasteiger partial charge in [-0.1, -0.05) is 12.1 Å². The fraction of sp³-hybridized carbons (Fsp3) is 0.450. The zero-order valence-electron chi connectivity index (χ0n) is 15.9. The highest BCUT2D eigenvalue weighted by atomic mass is 16.2. The number of carbonyl (C=O) groups excluding carboxylic acids is 2. The van der Waals surface area contributed by atoms with Gasteiger partial charge in [0.2, 0.25) is 5.91 Å². The predicted molar refractivity (Wildman–Crippen MR) is 103 cm³/mol. The van der Waals surface area contributed by atoms with Gasteiger partial charge >= 0.3 is 0 Å². The maximum atomic E-state index is 12.5. The molecule has 2 heterocycles. The Balaban J connectivity index is 1.56. The second-order valence-electron chi connectivity index (χ2n) is 6.94. The molecule has 0 saturated carbocycles. The van der Waals surface area contributed by atoms with Gasteiger partial charge in [-0.15, -0.1) is 0 Å². The maximum absolute atomic E-state index is 12.5. The van der Waals surface area contributed by atoms with Gasteiger partial charge in [0.25, 0.3) is 5.91 Å². The summed E-state index contributed by atoms with van der Waals surface area (Å²) in [4.78, 5) is 26.9. The zero-order chi connectivity index (χ0) is 19.2. The molecule has 1 fully saturated rings. The number of hydrogen-bond donors (Lipinski definition) is 2. The van der Waals surface area contributed by atoms with Gasteiger partial charge in [0, 0.05) is 44.0 Å². The number of nitrogens with one attached hydrogen (secondary N) is 2. The minimum absolute atomic E-state index is 0.0945. The topological polar surface area (TPSA) is 79.3 Å². The first-order valence-electron chi connectivity index (χ1n) is 9.40. The monoisotopic (exact) mass is 369 g/mol. The summed E-state index contributed by atoms with van der Waals surface area (Å²) in [6.07, 6.45) is 6.87. The molecule has 0 spiro atoms. The molecule has 3 rings (SSSR count). The lowest BCUT2D eigenvalue weighted by molar-refractivity contribution is -0.123. The molecule has 2 aromatic rings. The van der Waals surface area contributed by atoms with E-state index in [0.717, 1.165) is 37.1 Å². The van der Waals surface area contributed by atoms with Crippen LogP contribution in [0.25, 0.3) is 0 Å². The molecular weight excluding hydrogens is 342 g/mol. The first-order chi connectivity index (χ1) is 13.1. The van der Waals surface area contributed by atoms with Crippen LogP contribution in [0.1, 0.15) is 46.8 Å². The highest BCUT2D eigenvalue weighted by Gasteiger charge is 2.20. The van der Waals surface area contributed by atoms with Gasteiger partial charge in [-0.3, -0.25) is 14.3 Å². The number of hydrogen-bond acceptors (Lipinski definition) is 4. The molecule has 1 aromatic carbocycles. The van der Waals surface area contributed by atoms with E-state index in [-0.39, 0.29) is 11.8 Å². The Hall–Kier alpha value is -2.67. The van der Waals surface area contributed by atoms with E-state index >= 15 is 0 Å². The largest absolute Gasteiger partial charge is 0.350 e. The molecule has 1 aromatic heterocycles. The summed E-state index contributed by atoms with van der Waals surface area (Å²) in [5.74, 6) is -0.0175. The smallest absolute Gasteiger partial charge is 0.253 e. The molecule has 1 aliphatic rings. The Morgan fingerprint density at radius 3 is 2.44 bits per heavy atom. The van der Waals surface area contributed by atoms with Crippen LogP contribution in [0.3, 0.4) is 0 Å². The minimum Gasteiger partial charge on any atom is -0.350 e. The summed E-state index contributed by atoms with van der Waals surface area (Å²) in [6, 6.07) is 7.04. The SMILES string of the molecule is CNC(C(=O)NCc1ccc(C(=O)N2CCCCC2)cc1)c1cnn(C)c1. The van der Waals surface area contributed by atoms with E-state index in [1.54, 1.807) is 17.9 Å². The highest BCUT2D eigenvalue weighted by Crippen LogP contribution is 2.15. The van der Waals surface area contributed by atoms with Crippen molar-refractivity contribution in [2.45, 2.75) is 31.8 Å². The van der Waals surface area contributed by atoms with E-state index in [4.69, 9.17) is 0 Å². The molecule has 7 nitrogen and oxygen atoms in total. The first kappa shape index (κ1) is 19.1. The van der Waals surface area contributed by atoms with Crippen LogP contribution < -0.4 is 10.6 Å². The van der Waals surface area contributed by atoms with Crippen LogP contribution in [-0.4, -0.2) is 46.6 Å². The summed E-state index contributed by atoms with van der Waals surface area (Å²) < 4.78 is 1.67.